The van der Waals surface area contributed by atoms with E-state index >= 15 is 0 Å². The molecule has 0 spiro atoms. The fraction of sp³-hybridized carbons (Fsp3) is 0. The smallest absolute Gasteiger partial charge is 0.248 e. The number of carbonyl (C=O) groups is 1. The predicted molar refractivity (Wildman–Crippen MR) is 40.8 cm³/mol. The zero-order valence-electron chi connectivity index (χ0n) is 5.63. The lowest BCUT2D eigenvalue weighted by Gasteiger charge is -1.93. The Balaban J connectivity index is 4.49. The number of allylic oxidation sites excluding steroid dienone is 1. The molecule has 0 bridgehead atoms. The van der Waals surface area contributed by atoms with Crippen molar-refractivity contribution in [1.29, 1.82) is 0 Å². The van der Waals surface area contributed by atoms with E-state index < -0.39 is 5.91 Å². The number of hydrogen-bond donors (Lipinski definition) is 2. The van der Waals surface area contributed by atoms with Gasteiger partial charge in [-0.2, -0.15) is 0 Å². The lowest BCUT2D eigenvalue weighted by Crippen LogP contribution is -2.13. The van der Waals surface area contributed by atoms with Crippen molar-refractivity contribution in [2.75, 3.05) is 0 Å². The van der Waals surface area contributed by atoms with Crippen LogP contribution in [0, 0.1) is 0 Å². The highest BCUT2D eigenvalue weighted by molar-refractivity contribution is 5.95. The molecule has 0 saturated carbocycles. The number of nitrogens with two attached hydrogens (primary N) is 2. The van der Waals surface area contributed by atoms with E-state index in [0.717, 1.165) is 0 Å². The second kappa shape index (κ2) is 3.50. The summed E-state index contributed by atoms with van der Waals surface area (Å²) in [6, 6.07) is 0. The Hall–Kier alpha value is -1.51. The maximum Gasteiger partial charge on any atom is 0.248 e. The maximum atomic E-state index is 10.5. The molecule has 0 aliphatic carbocycles. The van der Waals surface area contributed by atoms with Crippen LogP contribution in [0.5, 0.6) is 0 Å². The van der Waals surface area contributed by atoms with Gasteiger partial charge in [0.25, 0.3) is 0 Å². The van der Waals surface area contributed by atoms with Crippen molar-refractivity contribution in [2.45, 2.75) is 0 Å². The monoisotopic (exact) mass is 138 g/mol. The third kappa shape index (κ3) is 2.71. The van der Waals surface area contributed by atoms with Crippen LogP contribution in [0.4, 0.5) is 0 Å². The van der Waals surface area contributed by atoms with Crippen LogP contribution in [0.2, 0.25) is 0 Å². The molecule has 0 rings (SSSR count). The minimum Gasteiger partial charge on any atom is -0.399 e. The Morgan fingerprint density at radius 2 is 1.90 bits per heavy atom. The molecule has 0 radical (unpaired) electrons. The maximum absolute atomic E-state index is 10.5. The van der Waals surface area contributed by atoms with E-state index in [1.165, 1.54) is 12.2 Å². The Morgan fingerprint density at radius 3 is 2.00 bits per heavy atom. The van der Waals surface area contributed by atoms with E-state index in [1.807, 2.05) is 0 Å². The molecule has 0 unspecified atom stereocenters. The standard InChI is InChI=1S/C7H10N2O/c1-3-6(7(9)10)4-5(2)8/h3-4H,1-2,8H2,(H2,9,10)/b6-4+. The van der Waals surface area contributed by atoms with Gasteiger partial charge in [0.05, 0.1) is 0 Å². The summed E-state index contributed by atoms with van der Waals surface area (Å²) in [5.74, 6) is -0.554. The summed E-state index contributed by atoms with van der Waals surface area (Å²) in [4.78, 5) is 10.5. The van der Waals surface area contributed by atoms with E-state index in [0.29, 0.717) is 0 Å². The lowest BCUT2D eigenvalue weighted by molar-refractivity contribution is -0.114. The molecule has 0 aromatic carbocycles. The first-order chi connectivity index (χ1) is 4.57. The summed E-state index contributed by atoms with van der Waals surface area (Å²) in [6.07, 6.45) is 2.70. The van der Waals surface area contributed by atoms with Crippen molar-refractivity contribution in [3.63, 3.8) is 0 Å². The fourth-order valence-corrected chi connectivity index (χ4v) is 0.430. The summed E-state index contributed by atoms with van der Waals surface area (Å²) < 4.78 is 0. The minimum atomic E-state index is -0.554. The summed E-state index contributed by atoms with van der Waals surface area (Å²) in [5, 5.41) is 0. The normalized spacial score (nSPS) is 10.6. The summed E-state index contributed by atoms with van der Waals surface area (Å²) in [7, 11) is 0. The van der Waals surface area contributed by atoms with Gasteiger partial charge in [-0.1, -0.05) is 19.2 Å². The molecule has 10 heavy (non-hydrogen) atoms. The highest BCUT2D eigenvalue weighted by Gasteiger charge is 1.97. The molecule has 0 aromatic heterocycles. The molecule has 0 aliphatic rings. The van der Waals surface area contributed by atoms with Crippen molar-refractivity contribution in [2.24, 2.45) is 11.5 Å². The summed E-state index contributed by atoms with van der Waals surface area (Å²) >= 11 is 0. The molecule has 0 fully saturated rings. The van der Waals surface area contributed by atoms with Gasteiger partial charge in [-0.05, 0) is 6.08 Å². The molecule has 3 nitrogen and oxygen atoms in total. The van der Waals surface area contributed by atoms with Crippen LogP contribution in [-0.4, -0.2) is 5.91 Å². The van der Waals surface area contributed by atoms with Gasteiger partial charge in [-0.3, -0.25) is 4.79 Å². The van der Waals surface area contributed by atoms with E-state index in [4.69, 9.17) is 11.5 Å². The first kappa shape index (κ1) is 8.49. The van der Waals surface area contributed by atoms with Crippen LogP contribution in [0.15, 0.2) is 36.6 Å². The second-order valence-electron chi connectivity index (χ2n) is 1.74. The average molecular weight is 138 g/mol. The number of primary amides is 1. The first-order valence-corrected chi connectivity index (χ1v) is 2.66. The van der Waals surface area contributed by atoms with Gasteiger partial charge in [-0.15, -0.1) is 0 Å². The first-order valence-electron chi connectivity index (χ1n) is 2.66. The van der Waals surface area contributed by atoms with Crippen molar-refractivity contribution in [1.82, 2.24) is 0 Å². The second-order valence-corrected chi connectivity index (χ2v) is 1.74. The molecule has 4 N–H and O–H groups in total. The van der Waals surface area contributed by atoms with E-state index in [1.54, 1.807) is 0 Å². The van der Waals surface area contributed by atoms with Crippen molar-refractivity contribution >= 4 is 5.91 Å². The zero-order chi connectivity index (χ0) is 8.15. The van der Waals surface area contributed by atoms with Gasteiger partial charge in [0.2, 0.25) is 5.91 Å². The molecule has 0 aliphatic heterocycles. The highest BCUT2D eigenvalue weighted by Crippen LogP contribution is 1.95. The van der Waals surface area contributed by atoms with Crippen LogP contribution in [-0.2, 0) is 4.79 Å². The third-order valence-corrected chi connectivity index (χ3v) is 0.845. The summed E-state index contributed by atoms with van der Waals surface area (Å²) in [5.41, 5.74) is 10.7. The van der Waals surface area contributed by atoms with Gasteiger partial charge in [0.15, 0.2) is 0 Å². The highest BCUT2D eigenvalue weighted by atomic mass is 16.1. The number of carbonyl (C=O) groups excluding carboxylic acids is 1. The number of amides is 1. The number of rotatable bonds is 3. The summed E-state index contributed by atoms with van der Waals surface area (Å²) in [6.45, 7) is 6.74. The number of hydrogen-bond acceptors (Lipinski definition) is 2. The van der Waals surface area contributed by atoms with Crippen molar-refractivity contribution in [3.8, 4) is 0 Å². The fourth-order valence-electron chi connectivity index (χ4n) is 0.430. The van der Waals surface area contributed by atoms with Gasteiger partial charge in [0, 0.05) is 11.3 Å². The molecular weight excluding hydrogens is 128 g/mol. The lowest BCUT2D eigenvalue weighted by atomic mass is 10.2. The van der Waals surface area contributed by atoms with Crippen molar-refractivity contribution < 1.29 is 4.79 Å². The van der Waals surface area contributed by atoms with Gasteiger partial charge < -0.3 is 11.5 Å². The van der Waals surface area contributed by atoms with E-state index in [9.17, 15) is 4.79 Å². The molecular formula is C7H10N2O. The molecule has 0 heterocycles. The van der Waals surface area contributed by atoms with Crippen LogP contribution in [0.25, 0.3) is 0 Å². The van der Waals surface area contributed by atoms with Crippen molar-refractivity contribution in [3.05, 3.63) is 36.6 Å². The largest absolute Gasteiger partial charge is 0.399 e. The Labute approximate surface area is 59.7 Å². The molecule has 1 amide bonds. The Kier molecular flexibility index (Phi) is 2.97. The van der Waals surface area contributed by atoms with E-state index in [-0.39, 0.29) is 11.3 Å². The molecule has 0 saturated heterocycles. The van der Waals surface area contributed by atoms with Crippen LogP contribution in [0.1, 0.15) is 0 Å². The molecule has 0 atom stereocenters. The molecule has 0 aromatic rings. The van der Waals surface area contributed by atoms with Crippen LogP contribution < -0.4 is 11.5 Å². The topological polar surface area (TPSA) is 69.1 Å². The van der Waals surface area contributed by atoms with Gasteiger partial charge in [0.1, 0.15) is 0 Å². The minimum absolute atomic E-state index is 0.271. The Bertz CT molecular complexity index is 204. The Morgan fingerprint density at radius 1 is 1.40 bits per heavy atom. The predicted octanol–water partition coefficient (Wildman–Crippen LogP) is 0.0565. The molecule has 54 valence electrons. The third-order valence-electron chi connectivity index (χ3n) is 0.845. The van der Waals surface area contributed by atoms with Crippen LogP contribution in [0.3, 0.4) is 0 Å². The quantitative estimate of drug-likeness (QED) is 0.427. The van der Waals surface area contributed by atoms with Gasteiger partial charge in [-0.25, -0.2) is 0 Å². The molecule has 3 heteroatoms. The zero-order valence-corrected chi connectivity index (χ0v) is 5.63. The van der Waals surface area contributed by atoms with Crippen LogP contribution >= 0.6 is 0 Å². The SMILES string of the molecule is C=C/C(=C\C(=C)N)C(N)=O. The van der Waals surface area contributed by atoms with Gasteiger partial charge >= 0.3 is 0 Å². The average Bonchev–Trinajstić information content (AvgIpc) is 1.81. The van der Waals surface area contributed by atoms with E-state index in [2.05, 4.69) is 13.2 Å².